The first-order valence-corrected chi connectivity index (χ1v) is 5.99. The molecule has 0 aliphatic heterocycles. The number of Topliss-reactive ketones (excluding diaryl/α,β-unsaturated/α-hetero) is 1. The van der Waals surface area contributed by atoms with E-state index in [-0.39, 0.29) is 11.2 Å². The van der Waals surface area contributed by atoms with Gasteiger partial charge in [-0.15, -0.1) is 0 Å². The normalized spacial score (nSPS) is 11.3. The van der Waals surface area contributed by atoms with Crippen LogP contribution in [0.4, 0.5) is 0 Å². The Hall–Kier alpha value is -0.830. The number of carbonyl (C=O) groups excluding carboxylic acids is 1. The maximum atomic E-state index is 11.9. The summed E-state index contributed by atoms with van der Waals surface area (Å²) < 4.78 is 6.03. The van der Waals surface area contributed by atoms with Crippen molar-refractivity contribution in [3.63, 3.8) is 0 Å². The van der Waals surface area contributed by atoms with Crippen molar-refractivity contribution in [2.75, 3.05) is 7.11 Å². The molecule has 0 N–H and O–H groups in total. The molecule has 0 atom stereocenters. The molecular weight excluding hydrogens is 268 g/mol. The third-order valence-electron chi connectivity index (χ3n) is 2.45. The van der Waals surface area contributed by atoms with E-state index in [2.05, 4.69) is 15.9 Å². The van der Waals surface area contributed by atoms with E-state index < -0.39 is 0 Å². The molecule has 2 nitrogen and oxygen atoms in total. The van der Waals surface area contributed by atoms with E-state index in [4.69, 9.17) is 4.74 Å². The highest BCUT2D eigenvalue weighted by Gasteiger charge is 2.21. The molecule has 0 aliphatic rings. The third-order valence-corrected chi connectivity index (χ3v) is 3.19. The topological polar surface area (TPSA) is 26.3 Å². The highest BCUT2D eigenvalue weighted by molar-refractivity contribution is 9.10. The molecule has 1 aromatic rings. The number of methoxy groups -OCH3 is 1. The van der Waals surface area contributed by atoms with Crippen LogP contribution in [0.5, 0.6) is 5.75 Å². The summed E-state index contributed by atoms with van der Waals surface area (Å²) in [6.07, 6.45) is 0.452. The van der Waals surface area contributed by atoms with E-state index in [0.717, 1.165) is 15.8 Å². The zero-order valence-electron chi connectivity index (χ0n) is 10.1. The van der Waals surface area contributed by atoms with Gasteiger partial charge in [-0.05, 0) is 17.7 Å². The van der Waals surface area contributed by atoms with Crippen molar-refractivity contribution in [1.29, 1.82) is 0 Å². The smallest absolute Gasteiger partial charge is 0.142 e. The van der Waals surface area contributed by atoms with E-state index >= 15 is 0 Å². The van der Waals surface area contributed by atoms with Gasteiger partial charge in [-0.2, -0.15) is 0 Å². The first-order valence-electron chi connectivity index (χ1n) is 5.20. The molecular formula is C13H17BrO2. The van der Waals surface area contributed by atoms with Gasteiger partial charge in [0, 0.05) is 16.3 Å². The van der Waals surface area contributed by atoms with Crippen LogP contribution in [0.2, 0.25) is 0 Å². The van der Waals surface area contributed by atoms with E-state index in [9.17, 15) is 4.79 Å². The number of benzene rings is 1. The van der Waals surface area contributed by atoms with E-state index in [1.165, 1.54) is 0 Å². The highest BCUT2D eigenvalue weighted by atomic mass is 79.9. The molecule has 1 aromatic carbocycles. The Morgan fingerprint density at radius 2 is 2.00 bits per heavy atom. The largest absolute Gasteiger partial charge is 0.497 e. The minimum atomic E-state index is -0.292. The lowest BCUT2D eigenvalue weighted by Gasteiger charge is -2.17. The van der Waals surface area contributed by atoms with Gasteiger partial charge in [0.15, 0.2) is 0 Å². The van der Waals surface area contributed by atoms with Crippen molar-refractivity contribution < 1.29 is 9.53 Å². The Labute approximate surface area is 105 Å². The van der Waals surface area contributed by atoms with Crippen molar-refractivity contribution in [1.82, 2.24) is 0 Å². The molecule has 0 radical (unpaired) electrons. The Balaban J connectivity index is 2.87. The summed E-state index contributed by atoms with van der Waals surface area (Å²) in [5.41, 5.74) is 0.708. The van der Waals surface area contributed by atoms with Crippen LogP contribution in [-0.4, -0.2) is 12.9 Å². The fourth-order valence-electron chi connectivity index (χ4n) is 1.24. The molecule has 0 aromatic heterocycles. The predicted molar refractivity (Wildman–Crippen MR) is 68.9 cm³/mol. The summed E-state index contributed by atoms with van der Waals surface area (Å²) >= 11 is 3.45. The summed E-state index contributed by atoms with van der Waals surface area (Å²) in [6.45, 7) is 5.81. The van der Waals surface area contributed by atoms with Gasteiger partial charge in [0.25, 0.3) is 0 Å². The Morgan fingerprint density at radius 1 is 1.38 bits per heavy atom. The van der Waals surface area contributed by atoms with Crippen molar-refractivity contribution in [3.8, 4) is 5.75 Å². The molecule has 88 valence electrons. The maximum Gasteiger partial charge on any atom is 0.142 e. The second-order valence-corrected chi connectivity index (χ2v) is 5.66. The highest BCUT2D eigenvalue weighted by Crippen LogP contribution is 2.26. The van der Waals surface area contributed by atoms with Gasteiger partial charge in [0.1, 0.15) is 11.5 Å². The quantitative estimate of drug-likeness (QED) is 0.848. The number of halogens is 1. The Morgan fingerprint density at radius 3 is 2.44 bits per heavy atom. The summed E-state index contributed by atoms with van der Waals surface area (Å²) in [6, 6.07) is 5.67. The summed E-state index contributed by atoms with van der Waals surface area (Å²) in [7, 11) is 1.63. The molecule has 0 unspecified atom stereocenters. The van der Waals surface area contributed by atoms with Gasteiger partial charge in [0.05, 0.1) is 7.11 Å². The van der Waals surface area contributed by atoms with Crippen LogP contribution < -0.4 is 4.74 Å². The second kappa shape index (κ2) is 5.00. The van der Waals surface area contributed by atoms with Crippen LogP contribution in [0.3, 0.4) is 0 Å². The van der Waals surface area contributed by atoms with Gasteiger partial charge in [0.2, 0.25) is 0 Å². The lowest BCUT2D eigenvalue weighted by atomic mass is 9.87. The van der Waals surface area contributed by atoms with Gasteiger partial charge < -0.3 is 4.74 Å². The molecule has 0 amide bonds. The monoisotopic (exact) mass is 284 g/mol. The van der Waals surface area contributed by atoms with Crippen molar-refractivity contribution >= 4 is 21.7 Å². The molecule has 0 saturated heterocycles. The predicted octanol–water partition coefficient (Wildman–Crippen LogP) is 3.62. The lowest BCUT2D eigenvalue weighted by molar-refractivity contribution is -0.125. The zero-order chi connectivity index (χ0) is 12.3. The number of ether oxygens (including phenoxy) is 1. The van der Waals surface area contributed by atoms with E-state index in [0.29, 0.717) is 6.42 Å². The first kappa shape index (κ1) is 13.2. The van der Waals surface area contributed by atoms with E-state index in [1.54, 1.807) is 7.11 Å². The van der Waals surface area contributed by atoms with Gasteiger partial charge in [-0.25, -0.2) is 0 Å². The van der Waals surface area contributed by atoms with Gasteiger partial charge in [-0.1, -0.05) is 42.8 Å². The SMILES string of the molecule is COc1ccc(CC(=O)C(C)(C)C)c(Br)c1. The minimum Gasteiger partial charge on any atom is -0.497 e. The molecule has 0 fully saturated rings. The van der Waals surface area contributed by atoms with E-state index in [1.807, 2.05) is 39.0 Å². The summed E-state index contributed by atoms with van der Waals surface area (Å²) in [4.78, 5) is 11.9. The van der Waals surface area contributed by atoms with Crippen LogP contribution in [0.15, 0.2) is 22.7 Å². The van der Waals surface area contributed by atoms with Gasteiger partial charge >= 0.3 is 0 Å². The van der Waals surface area contributed by atoms with Crippen LogP contribution >= 0.6 is 15.9 Å². The average Bonchev–Trinajstić information content (AvgIpc) is 2.19. The summed E-state index contributed by atoms with van der Waals surface area (Å²) in [5, 5.41) is 0. The maximum absolute atomic E-state index is 11.9. The van der Waals surface area contributed by atoms with Crippen LogP contribution in [0, 0.1) is 5.41 Å². The average molecular weight is 285 g/mol. The van der Waals surface area contributed by atoms with Crippen molar-refractivity contribution in [3.05, 3.63) is 28.2 Å². The lowest BCUT2D eigenvalue weighted by Crippen LogP contribution is -2.22. The molecule has 3 heteroatoms. The zero-order valence-corrected chi connectivity index (χ0v) is 11.7. The standard InChI is InChI=1S/C13H17BrO2/c1-13(2,3)12(15)7-9-5-6-10(16-4)8-11(9)14/h5-6,8H,7H2,1-4H3. The Bertz CT molecular complexity index is 391. The molecule has 1 rings (SSSR count). The molecule has 0 spiro atoms. The molecule has 0 aliphatic carbocycles. The second-order valence-electron chi connectivity index (χ2n) is 4.81. The Kier molecular flexibility index (Phi) is 4.14. The minimum absolute atomic E-state index is 0.235. The number of hydrogen-bond donors (Lipinski definition) is 0. The fraction of sp³-hybridized carbons (Fsp3) is 0.462. The molecule has 16 heavy (non-hydrogen) atoms. The van der Waals surface area contributed by atoms with Gasteiger partial charge in [-0.3, -0.25) is 4.79 Å². The van der Waals surface area contributed by atoms with Crippen molar-refractivity contribution in [2.45, 2.75) is 27.2 Å². The summed E-state index contributed by atoms with van der Waals surface area (Å²) in [5.74, 6) is 1.03. The first-order chi connectivity index (χ1) is 7.34. The van der Waals surface area contributed by atoms with Crippen LogP contribution in [0.1, 0.15) is 26.3 Å². The fourth-order valence-corrected chi connectivity index (χ4v) is 1.73. The van der Waals surface area contributed by atoms with Crippen LogP contribution in [-0.2, 0) is 11.2 Å². The number of carbonyl (C=O) groups is 1. The molecule has 0 saturated carbocycles. The van der Waals surface area contributed by atoms with Crippen molar-refractivity contribution in [2.24, 2.45) is 5.41 Å². The molecule has 0 heterocycles. The third kappa shape index (κ3) is 3.34. The number of ketones is 1. The van der Waals surface area contributed by atoms with Crippen LogP contribution in [0.25, 0.3) is 0 Å². The number of rotatable bonds is 3. The number of hydrogen-bond acceptors (Lipinski definition) is 2. The molecule has 0 bridgehead atoms.